The van der Waals surface area contributed by atoms with Crippen LogP contribution in [-0.4, -0.2) is 11.8 Å². The van der Waals surface area contributed by atoms with E-state index in [1.165, 1.54) is 0 Å². The zero-order valence-corrected chi connectivity index (χ0v) is 7.66. The van der Waals surface area contributed by atoms with Crippen molar-refractivity contribution >= 4 is 17.9 Å². The molecule has 0 aromatic rings. The van der Waals surface area contributed by atoms with E-state index >= 15 is 0 Å². The Morgan fingerprint density at radius 3 is 2.40 bits per heavy atom. The highest BCUT2D eigenvalue weighted by Crippen LogP contribution is 2.17. The summed E-state index contributed by atoms with van der Waals surface area (Å²) in [6.45, 7) is 7.02. The summed E-state index contributed by atoms with van der Waals surface area (Å²) in [5, 5.41) is 2.41. The Balaban J connectivity index is 3.56. The van der Waals surface area contributed by atoms with Crippen molar-refractivity contribution in [2.24, 2.45) is 5.41 Å². The summed E-state index contributed by atoms with van der Waals surface area (Å²) in [4.78, 5) is 10.4. The largest absolute Gasteiger partial charge is 0.347 e. The molecule has 60 valence electrons. The minimum Gasteiger partial charge on any atom is -0.347 e. The van der Waals surface area contributed by atoms with Crippen LogP contribution in [0.3, 0.4) is 0 Å². The molecule has 0 heterocycles. The van der Waals surface area contributed by atoms with Crippen molar-refractivity contribution in [3.63, 3.8) is 0 Å². The van der Waals surface area contributed by atoms with E-state index in [9.17, 15) is 4.79 Å². The predicted octanol–water partition coefficient (Wildman–Crippen LogP) is 2.06. The molecule has 0 atom stereocenters. The first-order valence-corrected chi connectivity index (χ1v) is 3.89. The van der Waals surface area contributed by atoms with Gasteiger partial charge in [-0.1, -0.05) is 33.4 Å². The minimum atomic E-state index is -0.249. The van der Waals surface area contributed by atoms with Crippen molar-refractivity contribution < 1.29 is 4.79 Å². The molecule has 0 spiro atoms. The van der Waals surface area contributed by atoms with Crippen LogP contribution < -0.4 is 5.32 Å². The van der Waals surface area contributed by atoms with Gasteiger partial charge in [0.25, 0.3) is 5.24 Å². The summed E-state index contributed by atoms with van der Waals surface area (Å²) < 4.78 is 0. The van der Waals surface area contributed by atoms with Crippen molar-refractivity contribution in [1.82, 2.24) is 5.32 Å². The molecular formula is C7H15NOS. The topological polar surface area (TPSA) is 29.1 Å². The van der Waals surface area contributed by atoms with Gasteiger partial charge in [-0.05, 0) is 11.8 Å². The van der Waals surface area contributed by atoms with Gasteiger partial charge in [0.1, 0.15) is 0 Å². The summed E-state index contributed by atoms with van der Waals surface area (Å²) in [6.07, 6.45) is 1.06. The molecule has 0 bridgehead atoms. The zero-order chi connectivity index (χ0) is 8.20. The molecule has 2 nitrogen and oxygen atoms in total. The molecule has 10 heavy (non-hydrogen) atoms. The van der Waals surface area contributed by atoms with Gasteiger partial charge in [0.2, 0.25) is 0 Å². The first-order chi connectivity index (χ1) is 4.48. The number of carbonyl (C=O) groups excluding carboxylic acids is 1. The molecule has 0 saturated carbocycles. The maximum atomic E-state index is 10.4. The summed E-state index contributed by atoms with van der Waals surface area (Å²) >= 11 is 3.60. The number of nitrogens with one attached hydrogen (secondary N) is 1. The van der Waals surface area contributed by atoms with E-state index in [0.717, 1.165) is 6.42 Å². The van der Waals surface area contributed by atoms with Crippen LogP contribution in [0, 0.1) is 5.41 Å². The first-order valence-electron chi connectivity index (χ1n) is 3.45. The second kappa shape index (κ2) is 3.86. The Bertz CT molecular complexity index is 123. The molecule has 0 aromatic carbocycles. The fourth-order valence-corrected chi connectivity index (χ4v) is 0.519. The number of hydrogen-bond donors (Lipinski definition) is 2. The standard InChI is InChI=1S/C7H15NOS/c1-4-7(2,3)5-8-6(9)10/h4-5H2,1-3H3,(H2,8,9,10). The van der Waals surface area contributed by atoms with Gasteiger partial charge in [0.05, 0.1) is 0 Å². The van der Waals surface area contributed by atoms with Crippen LogP contribution in [0.4, 0.5) is 4.79 Å². The van der Waals surface area contributed by atoms with Gasteiger partial charge in [-0.2, -0.15) is 0 Å². The third kappa shape index (κ3) is 4.68. The van der Waals surface area contributed by atoms with E-state index in [0.29, 0.717) is 6.54 Å². The lowest BCUT2D eigenvalue weighted by molar-refractivity contribution is 0.253. The fourth-order valence-electron chi connectivity index (χ4n) is 0.440. The average molecular weight is 161 g/mol. The Hall–Kier alpha value is -0.180. The second-order valence-corrected chi connectivity index (χ2v) is 3.58. The Labute approximate surface area is 67.8 Å². The molecule has 0 rings (SSSR count). The molecule has 1 N–H and O–H groups in total. The molecule has 0 aliphatic heterocycles. The van der Waals surface area contributed by atoms with Crippen molar-refractivity contribution in [2.45, 2.75) is 27.2 Å². The quantitative estimate of drug-likeness (QED) is 0.609. The Kier molecular flexibility index (Phi) is 3.79. The van der Waals surface area contributed by atoms with Crippen molar-refractivity contribution in [3.8, 4) is 0 Å². The van der Waals surface area contributed by atoms with E-state index in [1.54, 1.807) is 0 Å². The highest BCUT2D eigenvalue weighted by Gasteiger charge is 2.14. The smallest absolute Gasteiger partial charge is 0.275 e. The van der Waals surface area contributed by atoms with Gasteiger partial charge in [-0.3, -0.25) is 4.79 Å². The molecule has 0 radical (unpaired) electrons. The van der Waals surface area contributed by atoms with Gasteiger partial charge >= 0.3 is 0 Å². The lowest BCUT2D eigenvalue weighted by Gasteiger charge is -2.21. The van der Waals surface area contributed by atoms with Crippen LogP contribution in [-0.2, 0) is 0 Å². The number of thiol groups is 1. The van der Waals surface area contributed by atoms with Gasteiger partial charge in [0, 0.05) is 6.54 Å². The number of rotatable bonds is 3. The fraction of sp³-hybridized carbons (Fsp3) is 0.857. The summed E-state index contributed by atoms with van der Waals surface area (Å²) in [7, 11) is 0. The molecule has 3 heteroatoms. The zero-order valence-electron chi connectivity index (χ0n) is 6.77. The molecule has 1 amide bonds. The van der Waals surface area contributed by atoms with Crippen LogP contribution in [0.2, 0.25) is 0 Å². The van der Waals surface area contributed by atoms with Crippen molar-refractivity contribution in [2.75, 3.05) is 6.54 Å². The SMILES string of the molecule is CCC(C)(C)CNC(=O)S. The Morgan fingerprint density at radius 1 is 1.60 bits per heavy atom. The van der Waals surface area contributed by atoms with Gasteiger partial charge in [-0.25, -0.2) is 0 Å². The van der Waals surface area contributed by atoms with Gasteiger partial charge < -0.3 is 5.32 Å². The maximum absolute atomic E-state index is 10.4. The van der Waals surface area contributed by atoms with Crippen LogP contribution in [0.5, 0.6) is 0 Å². The molecule has 0 aliphatic rings. The summed E-state index contributed by atoms with van der Waals surface area (Å²) in [6, 6.07) is 0. The highest BCUT2D eigenvalue weighted by atomic mass is 32.1. The normalized spacial score (nSPS) is 11.2. The third-order valence-electron chi connectivity index (χ3n) is 1.68. The lowest BCUT2D eigenvalue weighted by Crippen LogP contribution is -2.30. The highest BCUT2D eigenvalue weighted by molar-refractivity contribution is 7.96. The third-order valence-corrected chi connectivity index (χ3v) is 1.83. The monoisotopic (exact) mass is 161 g/mol. The molecule has 0 saturated heterocycles. The van der Waals surface area contributed by atoms with Gasteiger partial charge in [-0.15, -0.1) is 0 Å². The average Bonchev–Trinajstić information content (AvgIpc) is 1.85. The molecular weight excluding hydrogens is 146 g/mol. The van der Waals surface area contributed by atoms with E-state index < -0.39 is 0 Å². The summed E-state index contributed by atoms with van der Waals surface area (Å²) in [5.74, 6) is 0. The molecule has 0 aliphatic carbocycles. The lowest BCUT2D eigenvalue weighted by atomic mass is 9.90. The number of carbonyl (C=O) groups is 1. The van der Waals surface area contributed by atoms with E-state index in [2.05, 4.69) is 38.7 Å². The van der Waals surface area contributed by atoms with Crippen LogP contribution in [0.15, 0.2) is 0 Å². The second-order valence-electron chi connectivity index (χ2n) is 3.18. The van der Waals surface area contributed by atoms with E-state index in [-0.39, 0.29) is 10.7 Å². The van der Waals surface area contributed by atoms with Crippen LogP contribution in [0.25, 0.3) is 0 Å². The summed E-state index contributed by atoms with van der Waals surface area (Å²) in [5.41, 5.74) is 0.193. The molecule has 0 aromatic heterocycles. The first kappa shape index (κ1) is 9.82. The maximum Gasteiger partial charge on any atom is 0.275 e. The van der Waals surface area contributed by atoms with Crippen molar-refractivity contribution in [3.05, 3.63) is 0 Å². The van der Waals surface area contributed by atoms with Crippen LogP contribution in [0.1, 0.15) is 27.2 Å². The molecule has 0 unspecified atom stereocenters. The van der Waals surface area contributed by atoms with Crippen LogP contribution >= 0.6 is 12.6 Å². The van der Waals surface area contributed by atoms with Gasteiger partial charge in [0.15, 0.2) is 0 Å². The molecule has 0 fully saturated rings. The van der Waals surface area contributed by atoms with Crippen molar-refractivity contribution in [1.29, 1.82) is 0 Å². The predicted molar refractivity (Wildman–Crippen MR) is 46.5 cm³/mol. The van der Waals surface area contributed by atoms with E-state index in [1.807, 2.05) is 0 Å². The Morgan fingerprint density at radius 2 is 2.10 bits per heavy atom. The number of amides is 1. The number of hydrogen-bond acceptors (Lipinski definition) is 1. The minimum absolute atomic E-state index is 0.193. The van der Waals surface area contributed by atoms with E-state index in [4.69, 9.17) is 0 Å².